The van der Waals surface area contributed by atoms with Crippen molar-refractivity contribution in [3.63, 3.8) is 0 Å². The van der Waals surface area contributed by atoms with E-state index in [9.17, 15) is 0 Å². The van der Waals surface area contributed by atoms with Crippen LogP contribution in [0.25, 0.3) is 0 Å². The van der Waals surface area contributed by atoms with Gasteiger partial charge in [-0.3, -0.25) is 0 Å². The zero-order valence-corrected chi connectivity index (χ0v) is 8.35. The van der Waals surface area contributed by atoms with Gasteiger partial charge < -0.3 is 4.42 Å². The summed E-state index contributed by atoms with van der Waals surface area (Å²) in [5, 5.41) is 0. The molecule has 0 atom stereocenters. The lowest BCUT2D eigenvalue weighted by Gasteiger charge is -2.00. The first-order chi connectivity index (χ1) is 5.69. The first-order valence-electron chi connectivity index (χ1n) is 4.67. The van der Waals surface area contributed by atoms with Crippen molar-refractivity contribution >= 4 is 0 Å². The largest absolute Gasteiger partial charge is 0.445 e. The lowest BCUT2D eigenvalue weighted by molar-refractivity contribution is 0.441. The van der Waals surface area contributed by atoms with Crippen LogP contribution in [0.2, 0.25) is 0 Å². The fourth-order valence-electron chi connectivity index (χ4n) is 1.27. The van der Waals surface area contributed by atoms with E-state index in [1.54, 1.807) is 0 Å². The normalized spacial score (nSPS) is 11.1. The Balaban J connectivity index is 3.00. The van der Waals surface area contributed by atoms with Gasteiger partial charge in [0.2, 0.25) is 0 Å². The molecule has 1 aromatic rings. The third-order valence-electron chi connectivity index (χ3n) is 1.93. The molecule has 0 bridgehead atoms. The van der Waals surface area contributed by atoms with Crippen LogP contribution >= 0.6 is 0 Å². The van der Waals surface area contributed by atoms with Crippen LogP contribution in [0.4, 0.5) is 0 Å². The van der Waals surface area contributed by atoms with Crippen molar-refractivity contribution < 1.29 is 4.42 Å². The molecule has 0 saturated heterocycles. The van der Waals surface area contributed by atoms with Crippen LogP contribution in [0.5, 0.6) is 0 Å². The quantitative estimate of drug-likeness (QED) is 0.691. The second kappa shape index (κ2) is 3.74. The molecule has 0 unspecified atom stereocenters. The molecule has 1 rings (SSSR count). The Labute approximate surface area is 74.0 Å². The average Bonchev–Trinajstić information content (AvgIpc) is 2.47. The minimum absolute atomic E-state index is 0.452. The SMILES string of the molecule is CCc1nc(CC)c(C(C)C)o1. The first-order valence-corrected chi connectivity index (χ1v) is 4.67. The van der Waals surface area contributed by atoms with Crippen LogP contribution in [-0.2, 0) is 12.8 Å². The molecule has 0 aliphatic carbocycles. The summed E-state index contributed by atoms with van der Waals surface area (Å²) in [5.41, 5.74) is 1.13. The Morgan fingerprint density at radius 1 is 1.25 bits per heavy atom. The van der Waals surface area contributed by atoms with E-state index in [1.807, 2.05) is 0 Å². The fourth-order valence-corrected chi connectivity index (χ4v) is 1.27. The van der Waals surface area contributed by atoms with E-state index < -0.39 is 0 Å². The van der Waals surface area contributed by atoms with Crippen molar-refractivity contribution in [3.8, 4) is 0 Å². The maximum Gasteiger partial charge on any atom is 0.194 e. The molecule has 0 aromatic carbocycles. The lowest BCUT2D eigenvalue weighted by Crippen LogP contribution is -1.90. The predicted octanol–water partition coefficient (Wildman–Crippen LogP) is 2.92. The number of oxazole rings is 1. The summed E-state index contributed by atoms with van der Waals surface area (Å²) in [6, 6.07) is 0. The van der Waals surface area contributed by atoms with Crippen LogP contribution < -0.4 is 0 Å². The summed E-state index contributed by atoms with van der Waals surface area (Å²) < 4.78 is 5.61. The van der Waals surface area contributed by atoms with Crippen LogP contribution in [0.3, 0.4) is 0 Å². The molecule has 2 nitrogen and oxygen atoms in total. The van der Waals surface area contributed by atoms with Gasteiger partial charge in [-0.1, -0.05) is 27.7 Å². The Hall–Kier alpha value is -0.790. The highest BCUT2D eigenvalue weighted by atomic mass is 16.4. The molecule has 0 fully saturated rings. The van der Waals surface area contributed by atoms with Gasteiger partial charge in [-0.25, -0.2) is 4.98 Å². The summed E-state index contributed by atoms with van der Waals surface area (Å²) in [6.45, 7) is 8.46. The smallest absolute Gasteiger partial charge is 0.194 e. The molecular formula is C10H17NO. The standard InChI is InChI=1S/C10H17NO/c1-5-8-10(7(3)4)12-9(6-2)11-8/h7H,5-6H2,1-4H3. The van der Waals surface area contributed by atoms with E-state index in [0.29, 0.717) is 5.92 Å². The third kappa shape index (κ3) is 1.68. The number of rotatable bonds is 3. The van der Waals surface area contributed by atoms with Gasteiger partial charge in [-0.05, 0) is 6.42 Å². The molecule has 0 saturated carbocycles. The Kier molecular flexibility index (Phi) is 2.90. The van der Waals surface area contributed by atoms with E-state index in [1.165, 1.54) is 0 Å². The predicted molar refractivity (Wildman–Crippen MR) is 49.3 cm³/mol. The molecule has 0 spiro atoms. The van der Waals surface area contributed by atoms with Gasteiger partial charge in [-0.15, -0.1) is 0 Å². The molecule has 0 N–H and O–H groups in total. The van der Waals surface area contributed by atoms with Crippen molar-refractivity contribution in [1.82, 2.24) is 4.98 Å². The zero-order chi connectivity index (χ0) is 9.14. The topological polar surface area (TPSA) is 26.0 Å². The fraction of sp³-hybridized carbons (Fsp3) is 0.700. The van der Waals surface area contributed by atoms with Gasteiger partial charge in [0.25, 0.3) is 0 Å². The minimum atomic E-state index is 0.452. The summed E-state index contributed by atoms with van der Waals surface area (Å²) in [6.07, 6.45) is 1.86. The van der Waals surface area contributed by atoms with Gasteiger partial charge in [0.1, 0.15) is 5.76 Å². The van der Waals surface area contributed by atoms with E-state index in [0.717, 1.165) is 30.2 Å². The first kappa shape index (κ1) is 9.30. The minimum Gasteiger partial charge on any atom is -0.445 e. The number of hydrogen-bond donors (Lipinski definition) is 0. The highest BCUT2D eigenvalue weighted by molar-refractivity contribution is 5.13. The molecule has 0 aliphatic heterocycles. The van der Waals surface area contributed by atoms with Crippen molar-refractivity contribution in [2.45, 2.75) is 46.5 Å². The number of hydrogen-bond acceptors (Lipinski definition) is 2. The van der Waals surface area contributed by atoms with Gasteiger partial charge in [0, 0.05) is 12.3 Å². The van der Waals surface area contributed by atoms with Crippen LogP contribution in [0.1, 0.15) is 51.0 Å². The van der Waals surface area contributed by atoms with E-state index in [-0.39, 0.29) is 0 Å². The highest BCUT2D eigenvalue weighted by Gasteiger charge is 2.13. The van der Waals surface area contributed by atoms with Crippen LogP contribution in [-0.4, -0.2) is 4.98 Å². The maximum atomic E-state index is 5.61. The summed E-state index contributed by atoms with van der Waals surface area (Å²) in [4.78, 5) is 4.40. The van der Waals surface area contributed by atoms with Crippen LogP contribution in [0.15, 0.2) is 4.42 Å². The summed E-state index contributed by atoms with van der Waals surface area (Å²) >= 11 is 0. The molecular weight excluding hydrogens is 150 g/mol. The Morgan fingerprint density at radius 2 is 1.92 bits per heavy atom. The van der Waals surface area contributed by atoms with Crippen molar-refractivity contribution in [2.75, 3.05) is 0 Å². The Bertz CT molecular complexity index is 250. The highest BCUT2D eigenvalue weighted by Crippen LogP contribution is 2.21. The number of aromatic nitrogens is 1. The van der Waals surface area contributed by atoms with E-state index >= 15 is 0 Å². The van der Waals surface area contributed by atoms with Crippen LogP contribution in [0, 0.1) is 0 Å². The van der Waals surface area contributed by atoms with Gasteiger partial charge in [0.15, 0.2) is 5.89 Å². The molecule has 1 heterocycles. The molecule has 0 radical (unpaired) electrons. The van der Waals surface area contributed by atoms with Gasteiger partial charge in [0.05, 0.1) is 5.69 Å². The summed E-state index contributed by atoms with van der Waals surface area (Å²) in [7, 11) is 0. The average molecular weight is 167 g/mol. The van der Waals surface area contributed by atoms with E-state index in [2.05, 4.69) is 32.7 Å². The monoisotopic (exact) mass is 167 g/mol. The second-order valence-electron chi connectivity index (χ2n) is 3.28. The van der Waals surface area contributed by atoms with E-state index in [4.69, 9.17) is 4.42 Å². The number of nitrogens with zero attached hydrogens (tertiary/aromatic N) is 1. The third-order valence-corrected chi connectivity index (χ3v) is 1.93. The second-order valence-corrected chi connectivity index (χ2v) is 3.28. The summed E-state index contributed by atoms with van der Waals surface area (Å²) in [5.74, 6) is 2.39. The van der Waals surface area contributed by atoms with Crippen molar-refractivity contribution in [3.05, 3.63) is 17.3 Å². The zero-order valence-electron chi connectivity index (χ0n) is 8.35. The maximum absolute atomic E-state index is 5.61. The number of aryl methyl sites for hydroxylation is 2. The van der Waals surface area contributed by atoms with Gasteiger partial charge in [-0.2, -0.15) is 0 Å². The molecule has 0 aliphatic rings. The van der Waals surface area contributed by atoms with Crippen molar-refractivity contribution in [1.29, 1.82) is 0 Å². The van der Waals surface area contributed by atoms with Gasteiger partial charge >= 0.3 is 0 Å². The molecule has 2 heteroatoms. The molecule has 12 heavy (non-hydrogen) atoms. The van der Waals surface area contributed by atoms with Crippen molar-refractivity contribution in [2.24, 2.45) is 0 Å². The molecule has 68 valence electrons. The Morgan fingerprint density at radius 3 is 2.25 bits per heavy atom. The molecule has 1 aromatic heterocycles. The molecule has 0 amide bonds. The lowest BCUT2D eigenvalue weighted by atomic mass is 10.1.